The molecular weight excluding hydrogens is 417 g/mol. The maximum Gasteiger partial charge on any atom is 0.277 e. The van der Waals surface area contributed by atoms with Crippen molar-refractivity contribution in [1.29, 1.82) is 0 Å². The highest BCUT2D eigenvalue weighted by Crippen LogP contribution is 2.27. The van der Waals surface area contributed by atoms with Crippen LogP contribution in [0.4, 0.5) is 5.69 Å². The summed E-state index contributed by atoms with van der Waals surface area (Å²) < 4.78 is 5.68. The van der Waals surface area contributed by atoms with E-state index in [1.54, 1.807) is 18.2 Å². The summed E-state index contributed by atoms with van der Waals surface area (Å²) in [6.07, 6.45) is 0. The van der Waals surface area contributed by atoms with Crippen LogP contribution < -0.4 is 5.32 Å². The maximum atomic E-state index is 12.1. The lowest BCUT2D eigenvalue weighted by Crippen LogP contribution is -2.13. The van der Waals surface area contributed by atoms with E-state index in [1.807, 2.05) is 42.5 Å². The molecule has 0 radical (unpaired) electrons. The topological polar surface area (TPSA) is 68.0 Å². The Morgan fingerprint density at radius 3 is 2.61 bits per heavy atom. The largest absolute Gasteiger partial charge is 0.411 e. The lowest BCUT2D eigenvalue weighted by Gasteiger charge is -2.05. The van der Waals surface area contributed by atoms with Crippen molar-refractivity contribution in [3.63, 3.8) is 0 Å². The van der Waals surface area contributed by atoms with E-state index >= 15 is 0 Å². The van der Waals surface area contributed by atoms with Gasteiger partial charge in [-0.25, -0.2) is 0 Å². The number of carbonyl (C=O) groups excluding carboxylic acids is 1. The zero-order chi connectivity index (χ0) is 19.5. The molecule has 1 amide bonds. The van der Waals surface area contributed by atoms with Gasteiger partial charge in [0.2, 0.25) is 11.8 Å². The molecule has 4 aromatic rings. The molecule has 28 heavy (non-hydrogen) atoms. The number of amides is 1. The summed E-state index contributed by atoms with van der Waals surface area (Å²) in [5, 5.41) is 14.2. The lowest BCUT2D eigenvalue weighted by molar-refractivity contribution is -0.113. The molecule has 0 saturated heterocycles. The van der Waals surface area contributed by atoms with E-state index in [9.17, 15) is 4.79 Å². The van der Waals surface area contributed by atoms with Gasteiger partial charge in [0.05, 0.1) is 15.8 Å². The minimum absolute atomic E-state index is 0.125. The Bertz CT molecular complexity index is 1160. The second-order valence-corrected chi connectivity index (χ2v) is 7.64. The fourth-order valence-electron chi connectivity index (χ4n) is 2.61. The second kappa shape index (κ2) is 8.22. The Balaban J connectivity index is 1.40. The van der Waals surface area contributed by atoms with Crippen LogP contribution in [0.25, 0.3) is 22.2 Å². The Morgan fingerprint density at radius 2 is 1.79 bits per heavy atom. The Morgan fingerprint density at radius 1 is 0.964 bits per heavy atom. The molecule has 0 spiro atoms. The average Bonchev–Trinajstić information content (AvgIpc) is 3.18. The first-order chi connectivity index (χ1) is 13.6. The molecule has 0 aliphatic carbocycles. The van der Waals surface area contributed by atoms with Gasteiger partial charge in [-0.05, 0) is 41.1 Å². The molecule has 0 atom stereocenters. The van der Waals surface area contributed by atoms with Crippen LogP contribution in [0, 0.1) is 0 Å². The molecule has 0 saturated carbocycles. The third-order valence-electron chi connectivity index (χ3n) is 3.93. The number of rotatable bonds is 5. The molecule has 0 aliphatic heterocycles. The van der Waals surface area contributed by atoms with Crippen molar-refractivity contribution in [1.82, 2.24) is 10.2 Å². The number of hydrogen-bond donors (Lipinski definition) is 1. The molecule has 0 unspecified atom stereocenters. The monoisotopic (exact) mass is 429 g/mol. The van der Waals surface area contributed by atoms with E-state index in [1.165, 1.54) is 0 Å². The summed E-state index contributed by atoms with van der Waals surface area (Å²) in [6, 6.07) is 18.9. The summed E-state index contributed by atoms with van der Waals surface area (Å²) in [4.78, 5) is 12.1. The number of nitrogens with zero attached hydrogens (tertiary/aromatic N) is 2. The fourth-order valence-corrected chi connectivity index (χ4v) is 3.47. The minimum atomic E-state index is -0.214. The quantitative estimate of drug-likeness (QED) is 0.398. The molecule has 5 nitrogen and oxygen atoms in total. The van der Waals surface area contributed by atoms with Gasteiger partial charge in [-0.1, -0.05) is 65.3 Å². The van der Waals surface area contributed by atoms with Crippen molar-refractivity contribution in [2.45, 2.75) is 5.22 Å². The first-order valence-electron chi connectivity index (χ1n) is 8.29. The van der Waals surface area contributed by atoms with Gasteiger partial charge in [-0.3, -0.25) is 4.79 Å². The highest BCUT2D eigenvalue weighted by Gasteiger charge is 2.12. The summed E-state index contributed by atoms with van der Waals surface area (Å²) in [5.41, 5.74) is 1.40. The summed E-state index contributed by atoms with van der Waals surface area (Å²) in [6.45, 7) is 0. The number of hydrogen-bond acceptors (Lipinski definition) is 5. The molecule has 0 aliphatic rings. The number of carbonyl (C=O) groups is 1. The van der Waals surface area contributed by atoms with Crippen molar-refractivity contribution in [3.05, 3.63) is 70.7 Å². The van der Waals surface area contributed by atoms with Gasteiger partial charge < -0.3 is 9.73 Å². The van der Waals surface area contributed by atoms with Crippen LogP contribution in [0.15, 0.2) is 70.3 Å². The molecule has 1 N–H and O–H groups in total. The molecule has 1 aromatic heterocycles. The number of benzene rings is 3. The first-order valence-corrected chi connectivity index (χ1v) is 10.0. The predicted octanol–water partition coefficient (Wildman–Crippen LogP) is 5.93. The van der Waals surface area contributed by atoms with E-state index in [2.05, 4.69) is 15.5 Å². The Kier molecular flexibility index (Phi) is 5.52. The third-order valence-corrected chi connectivity index (χ3v) is 5.49. The van der Waals surface area contributed by atoms with Crippen LogP contribution in [-0.4, -0.2) is 21.9 Å². The highest BCUT2D eigenvalue weighted by molar-refractivity contribution is 7.99. The van der Waals surface area contributed by atoms with E-state index in [0.29, 0.717) is 26.8 Å². The second-order valence-electron chi connectivity index (χ2n) is 5.90. The molecule has 8 heteroatoms. The van der Waals surface area contributed by atoms with Crippen LogP contribution in [-0.2, 0) is 4.79 Å². The zero-order valence-corrected chi connectivity index (χ0v) is 16.7. The SMILES string of the molecule is O=C(CSc1nnc(-c2ccc3ccccc3c2)o1)Nc1ccc(Cl)c(Cl)c1. The summed E-state index contributed by atoms with van der Waals surface area (Å²) in [5.74, 6) is 0.326. The van der Waals surface area contributed by atoms with Crippen LogP contribution in [0.5, 0.6) is 0 Å². The average molecular weight is 430 g/mol. The van der Waals surface area contributed by atoms with Gasteiger partial charge in [0.25, 0.3) is 5.22 Å². The summed E-state index contributed by atoms with van der Waals surface area (Å²) in [7, 11) is 0. The van der Waals surface area contributed by atoms with Crippen molar-refractivity contribution in [2.75, 3.05) is 11.1 Å². The molecule has 3 aromatic carbocycles. The Labute approximate surface area is 175 Å². The Hall–Kier alpha value is -2.54. The summed E-state index contributed by atoms with van der Waals surface area (Å²) >= 11 is 13.0. The minimum Gasteiger partial charge on any atom is -0.411 e. The van der Waals surface area contributed by atoms with Crippen molar-refractivity contribution < 1.29 is 9.21 Å². The first kappa shape index (κ1) is 18.8. The van der Waals surface area contributed by atoms with E-state index in [-0.39, 0.29) is 11.7 Å². The fraction of sp³-hybridized carbons (Fsp3) is 0.0500. The van der Waals surface area contributed by atoms with Crippen molar-refractivity contribution >= 4 is 57.3 Å². The molecular formula is C20H13Cl2N3O2S. The normalized spacial score (nSPS) is 10.9. The predicted molar refractivity (Wildman–Crippen MR) is 113 cm³/mol. The third kappa shape index (κ3) is 4.30. The smallest absolute Gasteiger partial charge is 0.277 e. The van der Waals surface area contributed by atoms with Crippen LogP contribution in [0.1, 0.15) is 0 Å². The van der Waals surface area contributed by atoms with Crippen LogP contribution >= 0.6 is 35.0 Å². The van der Waals surface area contributed by atoms with E-state index in [0.717, 1.165) is 28.1 Å². The van der Waals surface area contributed by atoms with Gasteiger partial charge in [0.1, 0.15) is 0 Å². The van der Waals surface area contributed by atoms with Gasteiger partial charge in [-0.15, -0.1) is 10.2 Å². The molecule has 0 fully saturated rings. The van der Waals surface area contributed by atoms with E-state index in [4.69, 9.17) is 27.6 Å². The van der Waals surface area contributed by atoms with Gasteiger partial charge in [0.15, 0.2) is 0 Å². The van der Waals surface area contributed by atoms with Crippen LogP contribution in [0.3, 0.4) is 0 Å². The molecule has 1 heterocycles. The standard InChI is InChI=1S/C20H13Cl2N3O2S/c21-16-8-7-15(10-17(16)22)23-18(26)11-28-20-25-24-19(27-20)14-6-5-12-3-1-2-4-13(12)9-14/h1-10H,11H2,(H,23,26). The zero-order valence-electron chi connectivity index (χ0n) is 14.4. The molecule has 0 bridgehead atoms. The van der Waals surface area contributed by atoms with Crippen molar-refractivity contribution in [2.24, 2.45) is 0 Å². The number of anilines is 1. The number of fused-ring (bicyclic) bond motifs is 1. The van der Waals surface area contributed by atoms with Gasteiger partial charge in [-0.2, -0.15) is 0 Å². The number of thioether (sulfide) groups is 1. The van der Waals surface area contributed by atoms with Gasteiger partial charge in [0, 0.05) is 11.3 Å². The van der Waals surface area contributed by atoms with E-state index < -0.39 is 0 Å². The van der Waals surface area contributed by atoms with Crippen molar-refractivity contribution in [3.8, 4) is 11.5 Å². The highest BCUT2D eigenvalue weighted by atomic mass is 35.5. The van der Waals surface area contributed by atoms with Gasteiger partial charge >= 0.3 is 0 Å². The number of halogens is 2. The lowest BCUT2D eigenvalue weighted by atomic mass is 10.1. The number of nitrogens with one attached hydrogen (secondary N) is 1. The maximum absolute atomic E-state index is 12.1. The molecule has 4 rings (SSSR count). The number of aromatic nitrogens is 2. The molecule has 140 valence electrons. The van der Waals surface area contributed by atoms with Crippen LogP contribution in [0.2, 0.25) is 10.0 Å².